The average molecular weight is 450 g/mol. The third-order valence-electron chi connectivity index (χ3n) is 6.57. The highest BCUT2D eigenvalue weighted by atomic mass is 32.2. The summed E-state index contributed by atoms with van der Waals surface area (Å²) in [5.41, 5.74) is 4.51. The van der Waals surface area contributed by atoms with Gasteiger partial charge in [0.15, 0.2) is 0 Å². The van der Waals surface area contributed by atoms with Gasteiger partial charge in [-0.05, 0) is 50.0 Å². The summed E-state index contributed by atoms with van der Waals surface area (Å²) in [5, 5.41) is 1.18. The van der Waals surface area contributed by atoms with Crippen molar-refractivity contribution >= 4 is 32.4 Å². The summed E-state index contributed by atoms with van der Waals surface area (Å²) in [4.78, 5) is 18.7. The number of aryl methyl sites for hydroxylation is 1. The zero-order valence-corrected chi connectivity index (χ0v) is 18.9. The molecule has 3 aromatic rings. The number of carbonyl (C=O) groups excluding carboxylic acids is 1. The molecule has 6 nitrogen and oxygen atoms in total. The zero-order chi connectivity index (χ0) is 22.3. The van der Waals surface area contributed by atoms with Gasteiger partial charge in [0.1, 0.15) is 6.04 Å². The number of aromatic nitrogens is 1. The number of sulfonamides is 1. The van der Waals surface area contributed by atoms with Gasteiger partial charge in [-0.1, -0.05) is 42.0 Å². The SMILES string of the molecule is Cc1ccc(S(=O)(=O)N2CCC[C@H]2C(=O)N2CC=C(c3c[nH]c4ccccc34)CC2)cc1. The van der Waals surface area contributed by atoms with Crippen molar-refractivity contribution in [2.24, 2.45) is 0 Å². The van der Waals surface area contributed by atoms with Gasteiger partial charge in [-0.25, -0.2) is 8.42 Å². The topological polar surface area (TPSA) is 73.5 Å². The Balaban J connectivity index is 1.34. The highest BCUT2D eigenvalue weighted by Crippen LogP contribution is 2.31. The van der Waals surface area contributed by atoms with E-state index in [1.807, 2.05) is 25.3 Å². The largest absolute Gasteiger partial charge is 0.361 e. The Kier molecular flexibility index (Phi) is 5.39. The van der Waals surface area contributed by atoms with Crippen molar-refractivity contribution in [1.82, 2.24) is 14.2 Å². The molecular weight excluding hydrogens is 422 g/mol. The van der Waals surface area contributed by atoms with Crippen LogP contribution in [0.25, 0.3) is 16.5 Å². The van der Waals surface area contributed by atoms with Crippen LogP contribution in [-0.4, -0.2) is 54.2 Å². The molecule has 1 amide bonds. The molecule has 1 saturated heterocycles. The number of nitrogens with zero attached hydrogens (tertiary/aromatic N) is 2. The van der Waals surface area contributed by atoms with E-state index in [1.165, 1.54) is 20.8 Å². The number of hydrogen-bond donors (Lipinski definition) is 1. The molecule has 0 saturated carbocycles. The van der Waals surface area contributed by atoms with Crippen LogP contribution in [0.2, 0.25) is 0 Å². The van der Waals surface area contributed by atoms with Crippen LogP contribution >= 0.6 is 0 Å². The number of nitrogens with one attached hydrogen (secondary N) is 1. The molecule has 0 unspecified atom stereocenters. The Labute approximate surface area is 188 Å². The van der Waals surface area contributed by atoms with Crippen LogP contribution in [-0.2, 0) is 14.8 Å². The fraction of sp³-hybridized carbons (Fsp3) is 0.320. The lowest BCUT2D eigenvalue weighted by molar-refractivity contribution is -0.134. The molecule has 2 aliphatic rings. The molecule has 2 aliphatic heterocycles. The molecule has 166 valence electrons. The van der Waals surface area contributed by atoms with Gasteiger partial charge in [0, 0.05) is 42.3 Å². The van der Waals surface area contributed by atoms with Gasteiger partial charge < -0.3 is 9.88 Å². The lowest BCUT2D eigenvalue weighted by Crippen LogP contribution is -2.48. The fourth-order valence-corrected chi connectivity index (χ4v) is 6.43. The summed E-state index contributed by atoms with van der Waals surface area (Å²) < 4.78 is 27.8. The van der Waals surface area contributed by atoms with Crippen LogP contribution in [0, 0.1) is 6.92 Å². The number of benzene rings is 2. The molecule has 1 N–H and O–H groups in total. The van der Waals surface area contributed by atoms with Crippen LogP contribution in [0.3, 0.4) is 0 Å². The molecule has 32 heavy (non-hydrogen) atoms. The van der Waals surface area contributed by atoms with E-state index in [0.29, 0.717) is 32.5 Å². The molecule has 0 bridgehead atoms. The molecule has 1 fully saturated rings. The number of para-hydroxylation sites is 1. The maximum absolute atomic E-state index is 13.3. The molecule has 0 spiro atoms. The van der Waals surface area contributed by atoms with E-state index in [2.05, 4.69) is 23.2 Å². The van der Waals surface area contributed by atoms with Gasteiger partial charge in [-0.3, -0.25) is 4.79 Å². The van der Waals surface area contributed by atoms with Crippen molar-refractivity contribution in [2.45, 2.75) is 37.1 Å². The van der Waals surface area contributed by atoms with Crippen LogP contribution in [0.1, 0.15) is 30.4 Å². The third kappa shape index (κ3) is 3.65. The molecule has 3 heterocycles. The number of H-pyrrole nitrogens is 1. The number of carbonyl (C=O) groups is 1. The first-order valence-electron chi connectivity index (χ1n) is 11.1. The van der Waals surface area contributed by atoms with E-state index in [-0.39, 0.29) is 10.8 Å². The molecule has 2 aromatic carbocycles. The van der Waals surface area contributed by atoms with Crippen LogP contribution in [0.4, 0.5) is 0 Å². The smallest absolute Gasteiger partial charge is 0.243 e. The molecular formula is C25H27N3O3S. The van der Waals surface area contributed by atoms with Gasteiger partial charge in [0.05, 0.1) is 4.90 Å². The van der Waals surface area contributed by atoms with Gasteiger partial charge in [0.2, 0.25) is 15.9 Å². The van der Waals surface area contributed by atoms with Crippen molar-refractivity contribution in [3.63, 3.8) is 0 Å². The normalized spacial score (nSPS) is 20.0. The van der Waals surface area contributed by atoms with Crippen LogP contribution < -0.4 is 0 Å². The third-order valence-corrected chi connectivity index (χ3v) is 8.49. The van der Waals surface area contributed by atoms with E-state index in [4.69, 9.17) is 0 Å². The lowest BCUT2D eigenvalue weighted by atomic mass is 9.98. The Morgan fingerprint density at radius 1 is 1.06 bits per heavy atom. The number of fused-ring (bicyclic) bond motifs is 1. The molecule has 0 radical (unpaired) electrons. The second-order valence-electron chi connectivity index (χ2n) is 8.60. The predicted molar refractivity (Wildman–Crippen MR) is 126 cm³/mol. The maximum atomic E-state index is 13.3. The highest BCUT2D eigenvalue weighted by molar-refractivity contribution is 7.89. The molecule has 0 aliphatic carbocycles. The van der Waals surface area contributed by atoms with Crippen molar-refractivity contribution in [3.8, 4) is 0 Å². The standard InChI is InChI=1S/C25H27N3O3S/c1-18-8-10-20(11-9-18)32(30,31)28-14-4-7-24(28)25(29)27-15-12-19(13-16-27)22-17-26-23-6-3-2-5-21(22)23/h2-3,5-6,8-12,17,24,26H,4,7,13-16H2,1H3/t24-/m0/s1. The minimum Gasteiger partial charge on any atom is -0.361 e. The first-order valence-corrected chi connectivity index (χ1v) is 12.5. The number of hydrogen-bond acceptors (Lipinski definition) is 3. The lowest BCUT2D eigenvalue weighted by Gasteiger charge is -2.32. The van der Waals surface area contributed by atoms with Gasteiger partial charge in [0.25, 0.3) is 0 Å². The number of amides is 1. The van der Waals surface area contributed by atoms with Crippen LogP contribution in [0.15, 0.2) is 65.7 Å². The van der Waals surface area contributed by atoms with Crippen molar-refractivity contribution in [1.29, 1.82) is 0 Å². The van der Waals surface area contributed by atoms with E-state index >= 15 is 0 Å². The first kappa shape index (κ1) is 21.0. The van der Waals surface area contributed by atoms with Crippen molar-refractivity contribution < 1.29 is 13.2 Å². The van der Waals surface area contributed by atoms with E-state index in [9.17, 15) is 13.2 Å². The van der Waals surface area contributed by atoms with E-state index in [0.717, 1.165) is 17.5 Å². The quantitative estimate of drug-likeness (QED) is 0.656. The van der Waals surface area contributed by atoms with Gasteiger partial charge in [-0.15, -0.1) is 0 Å². The second-order valence-corrected chi connectivity index (χ2v) is 10.5. The summed E-state index contributed by atoms with van der Waals surface area (Å²) >= 11 is 0. The highest BCUT2D eigenvalue weighted by Gasteiger charge is 2.41. The summed E-state index contributed by atoms with van der Waals surface area (Å²) in [7, 11) is -3.69. The zero-order valence-electron chi connectivity index (χ0n) is 18.1. The minimum absolute atomic E-state index is 0.0904. The Morgan fingerprint density at radius 2 is 1.84 bits per heavy atom. The average Bonchev–Trinajstić information content (AvgIpc) is 3.47. The second kappa shape index (κ2) is 8.22. The number of rotatable bonds is 4. The Bertz CT molecular complexity index is 1290. The summed E-state index contributed by atoms with van der Waals surface area (Å²) in [6.07, 6.45) is 6.15. The molecule has 5 rings (SSSR count). The van der Waals surface area contributed by atoms with Gasteiger partial charge >= 0.3 is 0 Å². The monoisotopic (exact) mass is 449 g/mol. The van der Waals surface area contributed by atoms with Crippen LogP contribution in [0.5, 0.6) is 0 Å². The van der Waals surface area contributed by atoms with Crippen molar-refractivity contribution in [3.05, 3.63) is 71.9 Å². The Morgan fingerprint density at radius 3 is 2.59 bits per heavy atom. The van der Waals surface area contributed by atoms with E-state index in [1.54, 1.807) is 29.2 Å². The maximum Gasteiger partial charge on any atom is 0.243 e. The molecule has 1 atom stereocenters. The van der Waals surface area contributed by atoms with E-state index < -0.39 is 16.1 Å². The summed E-state index contributed by atoms with van der Waals surface area (Å²) in [6, 6.07) is 14.4. The first-order chi connectivity index (χ1) is 15.4. The number of aromatic amines is 1. The Hall–Kier alpha value is -2.90. The summed E-state index contributed by atoms with van der Waals surface area (Å²) in [5.74, 6) is -0.0904. The predicted octanol–water partition coefficient (Wildman–Crippen LogP) is 3.95. The molecule has 7 heteroatoms. The fourth-order valence-electron chi connectivity index (χ4n) is 4.78. The van der Waals surface area contributed by atoms with Gasteiger partial charge in [-0.2, -0.15) is 4.31 Å². The molecule has 1 aromatic heterocycles. The minimum atomic E-state index is -3.69. The summed E-state index contributed by atoms with van der Waals surface area (Å²) in [6.45, 7) is 3.41. The van der Waals surface area contributed by atoms with Crippen molar-refractivity contribution in [2.75, 3.05) is 19.6 Å².